The van der Waals surface area contributed by atoms with Crippen LogP contribution in [0.2, 0.25) is 5.21 Å². The molecule has 5 unspecified atom stereocenters. The maximum absolute atomic E-state index is 12.8. The van der Waals surface area contributed by atoms with E-state index in [-0.39, 0.29) is 31.2 Å². The number of hydrogen-bond acceptors (Lipinski definition) is 6. The second-order valence-corrected chi connectivity index (χ2v) is 16.5. The molecule has 0 aromatic heterocycles. The number of aryl methyl sites for hydroxylation is 1. The van der Waals surface area contributed by atoms with Gasteiger partial charge in [0.15, 0.2) is 0 Å². The minimum Gasteiger partial charge on any atom is -0.410 e. The number of ether oxygens (including phenoxy) is 2. The molecule has 12 heteroatoms. The molecule has 4 rings (SSSR count). The highest BCUT2D eigenvalue weighted by atomic mass is 32.1. The number of benzene rings is 1. The van der Waals surface area contributed by atoms with Crippen LogP contribution >= 0.6 is 12.6 Å². The Morgan fingerprint density at radius 1 is 1.08 bits per heavy atom. The maximum Gasteiger partial charge on any atom is 0.413 e. The van der Waals surface area contributed by atoms with Gasteiger partial charge >= 0.3 is 6.09 Å². The van der Waals surface area contributed by atoms with Crippen molar-refractivity contribution in [3.63, 3.8) is 0 Å². The molecule has 5 atom stereocenters. The van der Waals surface area contributed by atoms with E-state index in [1.54, 1.807) is 13.8 Å². The van der Waals surface area contributed by atoms with Gasteiger partial charge in [0.05, 0.1) is 47.2 Å². The molecule has 8 radical (unpaired) electrons. The lowest BCUT2D eigenvalue weighted by atomic mass is 9.35. The van der Waals surface area contributed by atoms with Crippen LogP contribution in [0.5, 0.6) is 5.75 Å². The molecule has 0 saturated heterocycles. The fraction of sp³-hybridized carbons (Fsp3) is 0.806. The minimum atomic E-state index is -2.53. The summed E-state index contributed by atoms with van der Waals surface area (Å²) in [6.45, 7) is 15.2. The predicted molar refractivity (Wildman–Crippen MR) is 201 cm³/mol. The SMILES string of the molecule is CC(C)(CO)NC(=O)Oc1ccc2c(c1)CCC1C2CCC2(C)C(OCCO)CCC12.CCC(C)(C)C.[B]C([B])(F)C([B])([B])CCCS. The molecule has 2 saturated carbocycles. The molecule has 3 aliphatic rings. The molecule has 1 aromatic rings. The first-order chi connectivity index (χ1) is 22.1. The van der Waals surface area contributed by atoms with E-state index < -0.39 is 22.3 Å². The number of carbonyl (C=O) groups excluding carboxylic acids is 1. The van der Waals surface area contributed by atoms with Crippen LogP contribution in [0.15, 0.2) is 18.2 Å². The summed E-state index contributed by atoms with van der Waals surface area (Å²) < 4.78 is 24.3. The molecule has 262 valence electrons. The van der Waals surface area contributed by atoms with E-state index >= 15 is 0 Å². The Hall–Kier alpha value is -1.09. The van der Waals surface area contributed by atoms with E-state index in [1.165, 1.54) is 24.0 Å². The van der Waals surface area contributed by atoms with E-state index in [0.29, 0.717) is 47.7 Å². The smallest absolute Gasteiger partial charge is 0.410 e. The van der Waals surface area contributed by atoms with Gasteiger partial charge in [0.2, 0.25) is 0 Å². The number of carbonyl (C=O) groups is 1. The lowest BCUT2D eigenvalue weighted by molar-refractivity contribution is -0.0710. The number of amides is 1. The van der Waals surface area contributed by atoms with Gasteiger partial charge in [0.1, 0.15) is 21.4 Å². The van der Waals surface area contributed by atoms with Crippen LogP contribution < -0.4 is 10.1 Å². The van der Waals surface area contributed by atoms with Crippen molar-refractivity contribution in [3.8, 4) is 5.75 Å². The summed E-state index contributed by atoms with van der Waals surface area (Å²) in [7, 11) is 20.4. The molecule has 0 heterocycles. The van der Waals surface area contributed by atoms with Gasteiger partial charge in [-0.3, -0.25) is 4.39 Å². The van der Waals surface area contributed by atoms with Gasteiger partial charge in [-0.1, -0.05) is 58.7 Å². The second-order valence-electron chi connectivity index (χ2n) is 16.1. The minimum absolute atomic E-state index is 0.0938. The normalized spacial score (nSPS) is 25.2. The number of rotatable bonds is 10. The predicted octanol–water partition coefficient (Wildman–Crippen LogP) is 6.33. The van der Waals surface area contributed by atoms with E-state index in [1.807, 2.05) is 12.1 Å². The van der Waals surface area contributed by atoms with Gasteiger partial charge in [-0.15, -0.1) is 0 Å². The largest absolute Gasteiger partial charge is 0.413 e. The molecule has 6 nitrogen and oxygen atoms in total. The molecule has 0 spiro atoms. The molecule has 0 bridgehead atoms. The van der Waals surface area contributed by atoms with Crippen LogP contribution in [0, 0.1) is 22.7 Å². The molecule has 2 fully saturated rings. The van der Waals surface area contributed by atoms with Crippen molar-refractivity contribution in [2.24, 2.45) is 22.7 Å². The summed E-state index contributed by atoms with van der Waals surface area (Å²) in [5.74, 6) is 3.05. The average Bonchev–Trinajstić information content (AvgIpc) is 3.34. The lowest BCUT2D eigenvalue weighted by Crippen LogP contribution is -2.47. The highest BCUT2D eigenvalue weighted by Crippen LogP contribution is 2.61. The zero-order valence-corrected chi connectivity index (χ0v) is 31.4. The first kappa shape index (κ1) is 43.1. The molecule has 3 aliphatic carbocycles. The second kappa shape index (κ2) is 17.9. The van der Waals surface area contributed by atoms with Gasteiger partial charge in [0.25, 0.3) is 0 Å². The van der Waals surface area contributed by atoms with Crippen molar-refractivity contribution in [3.05, 3.63) is 29.3 Å². The van der Waals surface area contributed by atoms with Gasteiger partial charge in [-0.2, -0.15) is 12.6 Å². The van der Waals surface area contributed by atoms with Crippen molar-refractivity contribution >= 4 is 50.1 Å². The van der Waals surface area contributed by atoms with E-state index in [0.717, 1.165) is 32.1 Å². The van der Waals surface area contributed by atoms with Gasteiger partial charge in [0, 0.05) is 5.47 Å². The quantitative estimate of drug-likeness (QED) is 0.172. The molecular weight excluding hydrogens is 621 g/mol. The van der Waals surface area contributed by atoms with Crippen molar-refractivity contribution in [2.75, 3.05) is 25.6 Å². The zero-order chi connectivity index (χ0) is 36.6. The number of aliphatic hydroxyl groups excluding tert-OH is 2. The van der Waals surface area contributed by atoms with Crippen LogP contribution in [0.4, 0.5) is 9.18 Å². The van der Waals surface area contributed by atoms with E-state index in [9.17, 15) is 19.4 Å². The number of nitrogens with one attached hydrogen (secondary N) is 1. The Kier molecular flexibility index (Phi) is 16.1. The average molecular weight is 679 g/mol. The Morgan fingerprint density at radius 3 is 2.27 bits per heavy atom. The van der Waals surface area contributed by atoms with Crippen LogP contribution in [0.3, 0.4) is 0 Å². The van der Waals surface area contributed by atoms with Crippen LogP contribution in [-0.4, -0.2) is 90.4 Å². The molecule has 1 amide bonds. The third-order valence-corrected chi connectivity index (χ3v) is 10.9. The Bertz CT molecular complexity index is 1160. The van der Waals surface area contributed by atoms with Gasteiger partial charge < -0.3 is 25.0 Å². The third-order valence-electron chi connectivity index (χ3n) is 10.6. The van der Waals surface area contributed by atoms with E-state index in [4.69, 9.17) is 40.9 Å². The van der Waals surface area contributed by atoms with Crippen LogP contribution in [-0.2, 0) is 11.2 Å². The maximum atomic E-state index is 12.8. The summed E-state index contributed by atoms with van der Waals surface area (Å²) in [5.41, 5.74) is 0.224. The number of fused-ring (bicyclic) bond motifs is 5. The number of thiol groups is 1. The van der Waals surface area contributed by atoms with Gasteiger partial charge in [-0.05, 0) is 116 Å². The fourth-order valence-corrected chi connectivity index (χ4v) is 7.21. The topological polar surface area (TPSA) is 88.0 Å². The third kappa shape index (κ3) is 12.0. The molecule has 1 aromatic carbocycles. The number of aliphatic hydroxyl groups is 2. The molecule has 3 N–H and O–H groups in total. The van der Waals surface area contributed by atoms with Crippen molar-refractivity contribution in [1.29, 1.82) is 0 Å². The Labute approximate surface area is 301 Å². The van der Waals surface area contributed by atoms with Gasteiger partial charge in [-0.25, -0.2) is 4.79 Å². The first-order valence-corrected chi connectivity index (χ1v) is 18.2. The lowest BCUT2D eigenvalue weighted by Gasteiger charge is -2.50. The zero-order valence-electron chi connectivity index (χ0n) is 30.5. The highest BCUT2D eigenvalue weighted by molar-refractivity contribution is 7.80. The van der Waals surface area contributed by atoms with Crippen molar-refractivity contribution < 1.29 is 28.9 Å². The number of halogens is 1. The molecule has 0 aliphatic heterocycles. The summed E-state index contributed by atoms with van der Waals surface area (Å²) in [6.07, 6.45) is 8.59. The molecule has 48 heavy (non-hydrogen) atoms. The first-order valence-electron chi connectivity index (χ1n) is 17.6. The summed E-state index contributed by atoms with van der Waals surface area (Å²) in [4.78, 5) is 12.2. The Balaban J connectivity index is 0.000000390. The van der Waals surface area contributed by atoms with Crippen LogP contribution in [0.1, 0.15) is 117 Å². The van der Waals surface area contributed by atoms with Crippen LogP contribution in [0.25, 0.3) is 0 Å². The number of alkyl halides is 1. The summed E-state index contributed by atoms with van der Waals surface area (Å²) in [6, 6.07) is 6.08. The number of hydrogen-bond donors (Lipinski definition) is 4. The standard InChI is InChI=1S/C25H37NO5.C6H14.C5H7B4FS/c1-24(2,15-28)26-23(29)31-17-5-7-18-16(14-17)4-6-20-19(18)10-11-25(3)21(20)8-9-22(25)30-13-12-27;1-5-6(2,3)4;6-4(7,2-1-3-11)5(8,9)10/h5,7,14,19-22,27-28H,4,6,8-13,15H2,1-3H3,(H,26,29);5H2,1-4H3;11H,1-3H2. The fourth-order valence-electron chi connectivity index (χ4n) is 7.05. The monoisotopic (exact) mass is 679 g/mol. The van der Waals surface area contributed by atoms with Crippen molar-refractivity contribution in [1.82, 2.24) is 5.32 Å². The summed E-state index contributed by atoms with van der Waals surface area (Å²) in [5, 5.41) is 19.5. The highest BCUT2D eigenvalue weighted by Gasteiger charge is 2.55. The molecular formula is C36H58B4FNO5S. The van der Waals surface area contributed by atoms with E-state index in [2.05, 4.69) is 58.6 Å². The van der Waals surface area contributed by atoms with Crippen molar-refractivity contribution in [2.45, 2.75) is 134 Å². The summed E-state index contributed by atoms with van der Waals surface area (Å²) >= 11 is 3.91. The Morgan fingerprint density at radius 2 is 1.73 bits per heavy atom.